The van der Waals surface area contributed by atoms with Crippen LogP contribution in [0.2, 0.25) is 0 Å². The van der Waals surface area contributed by atoms with E-state index in [1.54, 1.807) is 20.8 Å². The van der Waals surface area contributed by atoms with E-state index in [4.69, 9.17) is 4.74 Å². The van der Waals surface area contributed by atoms with Gasteiger partial charge in [0.25, 0.3) is 0 Å². The molecule has 3 atom stereocenters. The number of carbonyl (C=O) groups is 2. The predicted octanol–water partition coefficient (Wildman–Crippen LogP) is 3.87. The number of rotatable bonds is 4. The fourth-order valence-electron chi connectivity index (χ4n) is 3.97. The fraction of sp³-hybridized carbons (Fsp3) is 0.611. The average molecular weight is 346 g/mol. The summed E-state index contributed by atoms with van der Waals surface area (Å²) in [7, 11) is 0. The number of hydrogen-bond donors (Lipinski definition) is 1. The molecular formula is C18H22N2O3S. The van der Waals surface area contributed by atoms with Crippen LogP contribution in [0.15, 0.2) is 0 Å². The number of anilines is 1. The van der Waals surface area contributed by atoms with Gasteiger partial charge in [-0.3, -0.25) is 4.79 Å². The van der Waals surface area contributed by atoms with Crippen LogP contribution in [0.1, 0.15) is 60.3 Å². The molecule has 2 aliphatic rings. The Labute approximate surface area is 146 Å². The van der Waals surface area contributed by atoms with Gasteiger partial charge in [-0.2, -0.15) is 5.26 Å². The Hall–Kier alpha value is -1.87. The number of nitrogens with zero attached hydrogens (tertiary/aromatic N) is 1. The highest BCUT2D eigenvalue weighted by atomic mass is 32.1. The zero-order valence-corrected chi connectivity index (χ0v) is 15.0. The summed E-state index contributed by atoms with van der Waals surface area (Å²) in [4.78, 5) is 25.2. The van der Waals surface area contributed by atoms with E-state index in [-0.39, 0.29) is 17.9 Å². The van der Waals surface area contributed by atoms with Gasteiger partial charge in [0.2, 0.25) is 5.91 Å². The number of amides is 1. The van der Waals surface area contributed by atoms with Crippen LogP contribution in [0.25, 0.3) is 0 Å². The van der Waals surface area contributed by atoms with Gasteiger partial charge in [-0.25, -0.2) is 4.79 Å². The van der Waals surface area contributed by atoms with E-state index >= 15 is 0 Å². The smallest absolute Gasteiger partial charge is 0.348 e. The highest BCUT2D eigenvalue weighted by Gasteiger charge is 2.43. The fourth-order valence-corrected chi connectivity index (χ4v) is 5.01. The van der Waals surface area contributed by atoms with Crippen molar-refractivity contribution in [2.24, 2.45) is 17.8 Å². The van der Waals surface area contributed by atoms with Crippen molar-refractivity contribution in [1.82, 2.24) is 0 Å². The molecule has 6 heteroatoms. The number of hydrogen-bond acceptors (Lipinski definition) is 5. The van der Waals surface area contributed by atoms with Crippen LogP contribution in [0.4, 0.5) is 5.00 Å². The standard InChI is InChI=1S/C18H22N2O3S/c1-9(2)23-18(22)15-10(3)14(8-19)17(24-15)20-16(21)13-7-11-4-5-12(13)6-11/h9,11-13H,4-7H2,1-3H3,(H,20,21)/t11-,12-,13+/m0/s1. The second-order valence-electron chi connectivity index (χ2n) is 7.10. The van der Waals surface area contributed by atoms with Crippen molar-refractivity contribution in [1.29, 1.82) is 5.26 Å². The van der Waals surface area contributed by atoms with Gasteiger partial charge >= 0.3 is 5.97 Å². The second kappa shape index (κ2) is 6.56. The quantitative estimate of drug-likeness (QED) is 0.839. The molecule has 2 aliphatic carbocycles. The number of nitriles is 1. The van der Waals surface area contributed by atoms with E-state index in [1.807, 2.05) is 0 Å². The summed E-state index contributed by atoms with van der Waals surface area (Å²) in [5.74, 6) is 0.756. The lowest BCUT2D eigenvalue weighted by molar-refractivity contribution is -0.121. The van der Waals surface area contributed by atoms with Crippen LogP contribution >= 0.6 is 11.3 Å². The van der Waals surface area contributed by atoms with Gasteiger partial charge in [-0.1, -0.05) is 6.42 Å². The molecule has 1 amide bonds. The van der Waals surface area contributed by atoms with Crippen LogP contribution in [-0.4, -0.2) is 18.0 Å². The Morgan fingerprint density at radius 1 is 1.33 bits per heavy atom. The van der Waals surface area contributed by atoms with E-state index in [0.29, 0.717) is 32.8 Å². The van der Waals surface area contributed by atoms with Gasteiger partial charge in [-0.05, 0) is 57.4 Å². The van der Waals surface area contributed by atoms with E-state index in [1.165, 1.54) is 6.42 Å². The van der Waals surface area contributed by atoms with Crippen molar-refractivity contribution in [3.63, 3.8) is 0 Å². The topological polar surface area (TPSA) is 79.2 Å². The third kappa shape index (κ3) is 3.05. The molecule has 5 nitrogen and oxygen atoms in total. The lowest BCUT2D eigenvalue weighted by atomic mass is 9.88. The molecule has 0 aromatic carbocycles. The molecule has 2 bridgehead atoms. The Morgan fingerprint density at radius 3 is 2.62 bits per heavy atom. The molecule has 0 spiro atoms. The summed E-state index contributed by atoms with van der Waals surface area (Å²) >= 11 is 1.14. The van der Waals surface area contributed by atoms with E-state index in [2.05, 4.69) is 11.4 Å². The summed E-state index contributed by atoms with van der Waals surface area (Å²) < 4.78 is 5.22. The molecule has 24 heavy (non-hydrogen) atoms. The van der Waals surface area contributed by atoms with Crippen molar-refractivity contribution in [3.05, 3.63) is 16.0 Å². The molecule has 1 aromatic rings. The molecular weight excluding hydrogens is 324 g/mol. The third-order valence-electron chi connectivity index (χ3n) is 5.10. The number of thiophene rings is 1. The van der Waals surface area contributed by atoms with Gasteiger partial charge in [0.1, 0.15) is 15.9 Å². The lowest BCUT2D eigenvalue weighted by Crippen LogP contribution is -2.27. The van der Waals surface area contributed by atoms with Crippen LogP contribution < -0.4 is 5.32 Å². The van der Waals surface area contributed by atoms with Gasteiger partial charge in [0.15, 0.2) is 0 Å². The first kappa shape index (κ1) is 17.0. The second-order valence-corrected chi connectivity index (χ2v) is 8.12. The van der Waals surface area contributed by atoms with Crippen molar-refractivity contribution in [2.45, 2.75) is 52.6 Å². The zero-order valence-electron chi connectivity index (χ0n) is 14.2. The number of ether oxygens (including phenoxy) is 1. The normalized spacial score (nSPS) is 24.9. The number of esters is 1. The van der Waals surface area contributed by atoms with Crippen LogP contribution in [0, 0.1) is 36.0 Å². The van der Waals surface area contributed by atoms with E-state index in [9.17, 15) is 14.9 Å². The molecule has 0 unspecified atom stereocenters. The largest absolute Gasteiger partial charge is 0.459 e. The Balaban J connectivity index is 1.79. The first-order chi connectivity index (χ1) is 11.4. The summed E-state index contributed by atoms with van der Waals surface area (Å²) in [6, 6.07) is 2.11. The van der Waals surface area contributed by atoms with Crippen molar-refractivity contribution in [3.8, 4) is 6.07 Å². The molecule has 0 aliphatic heterocycles. The maximum absolute atomic E-state index is 12.6. The van der Waals surface area contributed by atoms with Gasteiger partial charge in [0, 0.05) is 5.92 Å². The van der Waals surface area contributed by atoms with Crippen LogP contribution in [0.3, 0.4) is 0 Å². The summed E-state index contributed by atoms with van der Waals surface area (Å²) in [5.41, 5.74) is 0.948. The minimum Gasteiger partial charge on any atom is -0.459 e. The molecule has 2 saturated carbocycles. The SMILES string of the molecule is Cc1c(C(=O)OC(C)C)sc(NC(=O)[C@@H]2C[C@H]3CC[C@H]2C3)c1C#N. The summed E-state index contributed by atoms with van der Waals surface area (Å²) in [6.45, 7) is 5.28. The summed E-state index contributed by atoms with van der Waals surface area (Å²) in [5, 5.41) is 12.8. The molecule has 2 fully saturated rings. The minimum absolute atomic E-state index is 0.0104. The van der Waals surface area contributed by atoms with Gasteiger partial charge in [0.05, 0.1) is 11.7 Å². The highest BCUT2D eigenvalue weighted by Crippen LogP contribution is 2.48. The average Bonchev–Trinajstić information content (AvgIpc) is 3.21. The Morgan fingerprint density at radius 2 is 2.08 bits per heavy atom. The monoisotopic (exact) mass is 346 g/mol. The van der Waals surface area contributed by atoms with Gasteiger partial charge in [-0.15, -0.1) is 11.3 Å². The zero-order chi connectivity index (χ0) is 17.4. The summed E-state index contributed by atoms with van der Waals surface area (Å²) in [6.07, 6.45) is 4.24. The molecule has 3 rings (SSSR count). The van der Waals surface area contributed by atoms with E-state index in [0.717, 1.165) is 30.6 Å². The highest BCUT2D eigenvalue weighted by molar-refractivity contribution is 7.18. The molecule has 0 radical (unpaired) electrons. The molecule has 128 valence electrons. The molecule has 1 N–H and O–H groups in total. The lowest BCUT2D eigenvalue weighted by Gasteiger charge is -2.20. The maximum atomic E-state index is 12.6. The molecule has 1 heterocycles. The first-order valence-corrected chi connectivity index (χ1v) is 9.27. The molecule has 1 aromatic heterocycles. The predicted molar refractivity (Wildman–Crippen MR) is 91.9 cm³/mol. The van der Waals surface area contributed by atoms with Gasteiger partial charge < -0.3 is 10.1 Å². The van der Waals surface area contributed by atoms with E-state index < -0.39 is 5.97 Å². The van der Waals surface area contributed by atoms with Crippen molar-refractivity contribution < 1.29 is 14.3 Å². The van der Waals surface area contributed by atoms with Crippen LogP contribution in [-0.2, 0) is 9.53 Å². The number of carbonyl (C=O) groups excluding carboxylic acids is 2. The third-order valence-corrected chi connectivity index (χ3v) is 6.29. The number of fused-ring (bicyclic) bond motifs is 2. The first-order valence-electron chi connectivity index (χ1n) is 8.46. The maximum Gasteiger partial charge on any atom is 0.348 e. The Kier molecular flexibility index (Phi) is 4.64. The van der Waals surface area contributed by atoms with Crippen molar-refractivity contribution >= 4 is 28.2 Å². The van der Waals surface area contributed by atoms with Crippen molar-refractivity contribution in [2.75, 3.05) is 5.32 Å². The number of nitrogens with one attached hydrogen (secondary N) is 1. The molecule has 0 saturated heterocycles. The Bertz CT molecular complexity index is 717. The minimum atomic E-state index is -0.440. The van der Waals surface area contributed by atoms with Crippen LogP contribution in [0.5, 0.6) is 0 Å².